The van der Waals surface area contributed by atoms with E-state index in [-0.39, 0.29) is 6.61 Å². The van der Waals surface area contributed by atoms with Gasteiger partial charge >= 0.3 is 6.95 Å². The lowest BCUT2D eigenvalue weighted by Gasteiger charge is -2.08. The third-order valence-electron chi connectivity index (χ3n) is 1.32. The van der Waals surface area contributed by atoms with Crippen LogP contribution < -0.4 is 0 Å². The van der Waals surface area contributed by atoms with E-state index < -0.39 is 6.95 Å². The zero-order valence-corrected chi connectivity index (χ0v) is 11.9. The van der Waals surface area contributed by atoms with Crippen LogP contribution in [0.25, 0.3) is 0 Å². The molecule has 7 heteroatoms. The van der Waals surface area contributed by atoms with E-state index >= 15 is 0 Å². The molecule has 1 atom stereocenters. The monoisotopic (exact) mass is 330 g/mol. The Morgan fingerprint density at radius 2 is 2.07 bits per heavy atom. The first-order valence-electron chi connectivity index (χ1n) is 4.09. The number of hydrogen-bond donors (Lipinski definition) is 0. The maximum Gasteiger partial charge on any atom is 0.435 e. The van der Waals surface area contributed by atoms with Crippen molar-refractivity contribution in [2.75, 3.05) is 6.61 Å². The minimum Gasteiger partial charge on any atom is -0.297 e. The Hall–Kier alpha value is 0.490. The molecule has 84 valence electrons. The number of hydrogen-bond acceptors (Lipinski definition) is 4. The second-order valence-corrected chi connectivity index (χ2v) is 6.97. The molecule has 0 aliphatic carbocycles. The first-order valence-corrected chi connectivity index (χ1v) is 8.08. The van der Waals surface area contributed by atoms with Crippen molar-refractivity contribution in [3.63, 3.8) is 0 Å². The smallest absolute Gasteiger partial charge is 0.297 e. The van der Waals surface area contributed by atoms with Gasteiger partial charge in [-0.2, -0.15) is 0 Å². The molecule has 0 saturated carbocycles. The van der Waals surface area contributed by atoms with Crippen LogP contribution in [-0.4, -0.2) is 6.61 Å². The van der Waals surface area contributed by atoms with E-state index in [0.29, 0.717) is 0 Å². The molecule has 1 aromatic carbocycles. The van der Waals surface area contributed by atoms with E-state index in [1.54, 1.807) is 6.92 Å². The molecule has 0 aliphatic heterocycles. The molecule has 1 aromatic rings. The quantitative estimate of drug-likeness (QED) is 0.570. The van der Waals surface area contributed by atoms with Gasteiger partial charge in [-0.15, -0.1) is 0 Å². The highest BCUT2D eigenvalue weighted by molar-refractivity contribution is 9.10. The molecular weight excluding hydrogens is 322 g/mol. The minimum atomic E-state index is -3.45. The maximum atomic E-state index is 11.3. The Morgan fingerprint density at radius 1 is 1.47 bits per heavy atom. The van der Waals surface area contributed by atoms with Gasteiger partial charge in [0.2, 0.25) is 0 Å². The van der Waals surface area contributed by atoms with Gasteiger partial charge in [0.05, 0.1) is 6.61 Å². The van der Waals surface area contributed by atoms with Crippen LogP contribution in [0.2, 0.25) is 0 Å². The summed E-state index contributed by atoms with van der Waals surface area (Å²) in [4.78, 5) is 0.804. The molecule has 0 aliphatic rings. The van der Waals surface area contributed by atoms with Crippen LogP contribution >= 0.6 is 46.2 Å². The zero-order valence-electron chi connectivity index (χ0n) is 7.85. The Labute approximate surface area is 106 Å². The van der Waals surface area contributed by atoms with Gasteiger partial charge in [0.1, 0.15) is 0 Å². The van der Waals surface area contributed by atoms with E-state index in [9.17, 15) is 4.57 Å². The van der Waals surface area contributed by atoms with Crippen molar-refractivity contribution in [2.24, 2.45) is 0 Å². The lowest BCUT2D eigenvalue weighted by Crippen LogP contribution is -1.84. The summed E-state index contributed by atoms with van der Waals surface area (Å²) in [5.74, 6) is 0. The van der Waals surface area contributed by atoms with Gasteiger partial charge in [0, 0.05) is 32.7 Å². The van der Waals surface area contributed by atoms with Crippen LogP contribution in [0.4, 0.5) is 0 Å². The maximum absolute atomic E-state index is 11.3. The molecule has 0 spiro atoms. The largest absolute Gasteiger partial charge is 0.435 e. The molecule has 1 unspecified atom stereocenters. The summed E-state index contributed by atoms with van der Waals surface area (Å²) in [5.41, 5.74) is 0. The third-order valence-corrected chi connectivity index (χ3v) is 4.69. The Bertz CT molecular complexity index is 359. The standard InChI is InChI=1S/C8H9BrClO3PS/c1-2-12-14(10,11)13-15-8-5-3-7(9)4-6-8/h3-6H,2H2,1H3. The molecular formula is C8H9BrClO3PS. The van der Waals surface area contributed by atoms with Gasteiger partial charge in [0.15, 0.2) is 0 Å². The zero-order chi connectivity index (χ0) is 11.3. The highest BCUT2D eigenvalue weighted by Gasteiger charge is 2.20. The van der Waals surface area contributed by atoms with Crippen molar-refractivity contribution in [1.29, 1.82) is 0 Å². The van der Waals surface area contributed by atoms with Crippen LogP contribution in [0.15, 0.2) is 33.6 Å². The summed E-state index contributed by atoms with van der Waals surface area (Å²) >= 11 is 9.74. The molecule has 0 fully saturated rings. The molecule has 0 amide bonds. The summed E-state index contributed by atoms with van der Waals surface area (Å²) in [7, 11) is 0. The summed E-state index contributed by atoms with van der Waals surface area (Å²) in [5, 5.41) is 0. The summed E-state index contributed by atoms with van der Waals surface area (Å²) in [6.45, 7) is -1.50. The van der Waals surface area contributed by atoms with Gasteiger partial charge < -0.3 is 0 Å². The van der Waals surface area contributed by atoms with Crippen molar-refractivity contribution < 1.29 is 13.1 Å². The average Bonchev–Trinajstić information content (AvgIpc) is 2.17. The molecule has 0 heterocycles. The second-order valence-electron chi connectivity index (χ2n) is 2.46. The number of rotatable bonds is 5. The van der Waals surface area contributed by atoms with E-state index in [2.05, 4.69) is 15.9 Å². The third kappa shape index (κ3) is 5.38. The molecule has 0 bridgehead atoms. The van der Waals surface area contributed by atoms with Crippen LogP contribution in [0, 0.1) is 0 Å². The van der Waals surface area contributed by atoms with Crippen LogP contribution in [0.1, 0.15) is 6.92 Å². The van der Waals surface area contributed by atoms with E-state index in [1.165, 1.54) is 0 Å². The highest BCUT2D eigenvalue weighted by Crippen LogP contribution is 2.57. The predicted molar refractivity (Wildman–Crippen MR) is 66.2 cm³/mol. The SMILES string of the molecule is CCOP(=O)(Cl)OSc1ccc(Br)cc1. The fourth-order valence-electron chi connectivity index (χ4n) is 0.753. The van der Waals surface area contributed by atoms with Crippen molar-refractivity contribution in [1.82, 2.24) is 0 Å². The van der Waals surface area contributed by atoms with Crippen LogP contribution in [-0.2, 0) is 13.1 Å². The predicted octanol–water partition coefficient (Wildman–Crippen LogP) is 4.86. The van der Waals surface area contributed by atoms with Crippen molar-refractivity contribution in [3.8, 4) is 0 Å². The molecule has 0 saturated heterocycles. The lowest BCUT2D eigenvalue weighted by atomic mass is 10.4. The second kappa shape index (κ2) is 6.28. The van der Waals surface area contributed by atoms with Crippen molar-refractivity contribution in [2.45, 2.75) is 11.8 Å². The topological polar surface area (TPSA) is 35.5 Å². The van der Waals surface area contributed by atoms with Crippen LogP contribution in [0.5, 0.6) is 0 Å². The molecule has 1 rings (SSSR count). The first-order chi connectivity index (χ1) is 7.03. The highest BCUT2D eigenvalue weighted by atomic mass is 79.9. The summed E-state index contributed by atoms with van der Waals surface area (Å²) in [6, 6.07) is 7.34. The van der Waals surface area contributed by atoms with E-state index in [0.717, 1.165) is 21.4 Å². The number of benzene rings is 1. The van der Waals surface area contributed by atoms with Gasteiger partial charge in [-0.05, 0) is 31.2 Å². The molecule has 0 aromatic heterocycles. The fraction of sp³-hybridized carbons (Fsp3) is 0.250. The van der Waals surface area contributed by atoms with Gasteiger partial charge in [-0.1, -0.05) is 15.9 Å². The van der Waals surface area contributed by atoms with Gasteiger partial charge in [0.25, 0.3) is 0 Å². The summed E-state index contributed by atoms with van der Waals surface area (Å²) in [6.07, 6.45) is 0. The Balaban J connectivity index is 2.50. The fourth-order valence-corrected chi connectivity index (χ4v) is 2.99. The van der Waals surface area contributed by atoms with Crippen molar-refractivity contribution in [3.05, 3.63) is 28.7 Å². The van der Waals surface area contributed by atoms with Crippen LogP contribution in [0.3, 0.4) is 0 Å². The normalized spacial score (nSPS) is 14.9. The Kier molecular flexibility index (Phi) is 5.68. The lowest BCUT2D eigenvalue weighted by molar-refractivity contribution is 0.304. The Morgan fingerprint density at radius 3 is 2.60 bits per heavy atom. The van der Waals surface area contributed by atoms with Gasteiger partial charge in [-0.3, -0.25) is 4.52 Å². The molecule has 3 nitrogen and oxygen atoms in total. The van der Waals surface area contributed by atoms with Gasteiger partial charge in [-0.25, -0.2) is 8.54 Å². The average molecular weight is 332 g/mol. The van der Waals surface area contributed by atoms with E-state index in [4.69, 9.17) is 19.7 Å². The summed E-state index contributed by atoms with van der Waals surface area (Å²) < 4.78 is 21.9. The van der Waals surface area contributed by atoms with E-state index in [1.807, 2.05) is 24.3 Å². The first kappa shape index (κ1) is 13.6. The molecule has 0 radical (unpaired) electrons. The molecule has 15 heavy (non-hydrogen) atoms. The van der Waals surface area contributed by atoms with Crippen molar-refractivity contribution >= 4 is 46.2 Å². The minimum absolute atomic E-state index is 0.252. The number of halogens is 2. The molecule has 0 N–H and O–H groups in total.